The quantitative estimate of drug-likeness (QED) is 0.0171. The van der Waals surface area contributed by atoms with Gasteiger partial charge in [-0.25, -0.2) is 9.78 Å². The van der Waals surface area contributed by atoms with Crippen LogP contribution in [0.15, 0.2) is 97.7 Å². The molecule has 40 nitrogen and oxygen atoms in total. The van der Waals surface area contributed by atoms with Gasteiger partial charge < -0.3 is 121 Å². The number of phenolic OH excluding ortho intramolecular Hbond substituents is 1. The van der Waals surface area contributed by atoms with E-state index in [1.165, 1.54) is 41.4 Å². The Kier molecular flexibility index (Phi) is 37.9. The highest BCUT2D eigenvalue weighted by Gasteiger charge is 2.46. The smallest absolute Gasteiger partial charge is 0.315 e. The number of aromatic nitrogens is 4. The molecule has 17 amide bonds. The number of hydrogen-bond acceptors (Lipinski definition) is 21. The molecule has 4 aliphatic rings. The van der Waals surface area contributed by atoms with Crippen molar-refractivity contribution in [1.82, 2.24) is 104 Å². The molecular formula is C90H127N23O17S. The number of H-pyrrole nitrogens is 3. The molecule has 41 heteroatoms. The summed E-state index contributed by atoms with van der Waals surface area (Å²) in [5.74, 6) is -10.0. The number of urea groups is 1. The molecule has 3 aromatic heterocycles. The highest BCUT2D eigenvalue weighted by Crippen LogP contribution is 2.34. The number of nitrogens with zero attached hydrogens (tertiary/aromatic N) is 3. The summed E-state index contributed by atoms with van der Waals surface area (Å²) in [5.41, 5.74) is 21.7. The van der Waals surface area contributed by atoms with Crippen molar-refractivity contribution in [3.63, 3.8) is 0 Å². The van der Waals surface area contributed by atoms with Crippen molar-refractivity contribution in [3.05, 3.63) is 120 Å². The lowest BCUT2D eigenvalue weighted by molar-refractivity contribution is -0.148. The Labute approximate surface area is 763 Å². The monoisotopic (exact) mass is 1830 g/mol. The van der Waals surface area contributed by atoms with Crippen molar-refractivity contribution in [2.45, 2.75) is 247 Å². The molecular weight excluding hydrogens is 1710 g/mol. The molecule has 3 aromatic carbocycles. The number of amides is 17. The zero-order valence-corrected chi connectivity index (χ0v) is 75.6. The van der Waals surface area contributed by atoms with Crippen LogP contribution >= 0.6 is 11.8 Å². The van der Waals surface area contributed by atoms with Gasteiger partial charge in [0.1, 0.15) is 66.2 Å². The van der Waals surface area contributed by atoms with E-state index in [-0.39, 0.29) is 125 Å². The van der Waals surface area contributed by atoms with E-state index in [2.05, 4.69) is 94.4 Å². The number of carbonyl (C=O) groups excluding carboxylic acids is 16. The van der Waals surface area contributed by atoms with Gasteiger partial charge in [0.2, 0.25) is 88.6 Å². The molecule has 6 aromatic rings. The number of nitrogens with one attached hydrogen (secondary N) is 17. The van der Waals surface area contributed by atoms with Crippen molar-refractivity contribution in [1.29, 1.82) is 0 Å². The van der Waals surface area contributed by atoms with Crippen LogP contribution in [0.1, 0.15) is 160 Å². The first kappa shape index (κ1) is 100. The number of nitrogens with two attached hydrogens (primary N) is 3. The fraction of sp³-hybridized carbons (Fsp3) is 0.544. The molecule has 0 unspecified atom stereocenters. The average molecular weight is 1840 g/mol. The van der Waals surface area contributed by atoms with E-state index in [1.54, 1.807) is 30.6 Å². The first-order chi connectivity index (χ1) is 62.8. The fourth-order valence-electron chi connectivity index (χ4n) is 16.8. The van der Waals surface area contributed by atoms with E-state index in [0.29, 0.717) is 90.9 Å². The SMILES string of the molecule is CC(C)C[C@H](NC(=O)[C@@H]1CCCN1C(=O)[C@@H]1CCCN1C(=O)[C@H](CC(C)C)NC(=O)[C@H](Cc1ccc(O)cc1)NC(=O)[C@@H](N)Cc1c[nH]c2ccccc12)C(=O)N[C@@H](Cc1c[nH]c2ccccc12)C(=O)N[C@@H](Cc1c[nH]cn1)C(=O)N[C@@H](C)C(=O)N[C@@H](CCCCN)C(=O)NCC(=O)NCC(=O)NCC(=O)N[C@@H](CCCCNC(=O)CCCC[C@@H]1SC[C@@H]2NC(=O)N[C@@H]21)C(N)=O. The number of likely N-dealkylation sites (tertiary alicyclic amines) is 2. The summed E-state index contributed by atoms with van der Waals surface area (Å²) in [6, 6.07) is 7.38. The van der Waals surface area contributed by atoms with Crippen LogP contribution in [0.5, 0.6) is 5.75 Å². The Hall–Kier alpha value is -12.7. The molecule has 14 atom stereocenters. The molecule has 4 fully saturated rings. The lowest BCUT2D eigenvalue weighted by atomic mass is 9.99. The molecule has 10 rings (SSSR count). The van der Waals surface area contributed by atoms with Crippen molar-refractivity contribution in [2.24, 2.45) is 29.0 Å². The standard InChI is InChI=1S/C90H127N23O17S/c1-50(2)36-65(108-87(127)71-24-16-34-112(71)89(129)72-25-17-35-113(72)88(128)69(37-51(3)4)109-85(125)66(38-53-28-30-57(114)31-29-53)105-81(121)60(92)39-54-42-96-61-20-8-6-18-58(54)61)84(124)106-67(40-55-43-97-62-21-9-7-19-59(55)62)86(126)107-68(41-56-44-94-49-101-56)83(123)102-52(5)80(120)104-64(23-12-14-32-91)82(122)100-46-76(117)98-45-75(116)99-47-77(118)103-63(79(93)119)22-13-15-33-95-74(115)27-11-10-26-73-78-70(48-131-73)110-90(130)111-78/h6-9,18-21,28-31,42-44,49-52,60,63-73,78,96-97,114H,10-17,22-27,32-41,45-48,91-92H2,1-5H3,(H2,93,119)(H,94,101)(H,95,115)(H,98,117)(H,99,116)(H,100,122)(H,102,123)(H,103,118)(H,104,120)(H,105,121)(H,106,124)(H,107,126)(H,108,127)(H,109,125)(H2,110,111,130)/t52-,60-,63-,64-,65-,66-,67-,68-,69-,70-,71-,72-,73-,78-/m0/s1. The number of hydrogen-bond donors (Lipinski definition) is 21. The molecule has 7 heterocycles. The number of fused-ring (bicyclic) bond motifs is 3. The highest BCUT2D eigenvalue weighted by atomic mass is 32.2. The van der Waals surface area contributed by atoms with Crippen LogP contribution in [-0.4, -0.2) is 265 Å². The van der Waals surface area contributed by atoms with E-state index in [9.17, 15) is 62.6 Å². The number of carbonyl (C=O) groups is 16. The number of imidazole rings is 1. The Morgan fingerprint density at radius 3 is 1.74 bits per heavy atom. The summed E-state index contributed by atoms with van der Waals surface area (Å²) in [5, 5.41) is 49.9. The fourth-order valence-corrected chi connectivity index (χ4v) is 18.3. The first-order valence-corrected chi connectivity index (χ1v) is 46.2. The average Bonchev–Trinajstić information content (AvgIpc) is 1.68. The van der Waals surface area contributed by atoms with Gasteiger partial charge in [0, 0.05) is 96.7 Å². The van der Waals surface area contributed by atoms with Gasteiger partial charge >= 0.3 is 6.03 Å². The molecule has 4 saturated heterocycles. The molecule has 0 spiro atoms. The number of primary amides is 1. The van der Waals surface area contributed by atoms with Crippen molar-refractivity contribution < 1.29 is 81.8 Å². The maximum absolute atomic E-state index is 15.2. The zero-order valence-electron chi connectivity index (χ0n) is 74.7. The topological polar surface area (TPSA) is 607 Å². The lowest BCUT2D eigenvalue weighted by Gasteiger charge is -2.34. The van der Waals surface area contributed by atoms with Gasteiger partial charge in [-0.15, -0.1) is 0 Å². The van der Waals surface area contributed by atoms with Gasteiger partial charge in [0.05, 0.1) is 49.8 Å². The molecule has 0 aliphatic carbocycles. The minimum absolute atomic E-state index is 0.0121. The number of para-hydroxylation sites is 2. The Morgan fingerprint density at radius 1 is 0.527 bits per heavy atom. The molecule has 24 N–H and O–H groups in total. The Balaban J connectivity index is 0.717. The molecule has 0 bridgehead atoms. The second kappa shape index (κ2) is 49.4. The van der Waals surface area contributed by atoms with Gasteiger partial charge in [-0.1, -0.05) is 82.6 Å². The van der Waals surface area contributed by atoms with Crippen LogP contribution in [0, 0.1) is 11.8 Å². The van der Waals surface area contributed by atoms with Crippen LogP contribution in [0.4, 0.5) is 4.79 Å². The van der Waals surface area contributed by atoms with Crippen LogP contribution in [0.3, 0.4) is 0 Å². The molecule has 0 saturated carbocycles. The third kappa shape index (κ3) is 29.9. The van der Waals surface area contributed by atoms with Gasteiger partial charge in [-0.05, 0) is 163 Å². The summed E-state index contributed by atoms with van der Waals surface area (Å²) in [7, 11) is 0. The summed E-state index contributed by atoms with van der Waals surface area (Å²) < 4.78 is 0. The number of aromatic hydroxyl groups is 1. The molecule has 710 valence electrons. The summed E-state index contributed by atoms with van der Waals surface area (Å²) >= 11 is 1.82. The van der Waals surface area contributed by atoms with Gasteiger partial charge in [0.15, 0.2) is 0 Å². The number of phenols is 1. The Bertz CT molecular complexity index is 4970. The van der Waals surface area contributed by atoms with Crippen LogP contribution in [0.2, 0.25) is 0 Å². The van der Waals surface area contributed by atoms with Gasteiger partial charge in [0.25, 0.3) is 0 Å². The minimum atomic E-state index is -1.49. The van der Waals surface area contributed by atoms with Crippen LogP contribution < -0.4 is 91.6 Å². The molecule has 0 radical (unpaired) electrons. The predicted octanol–water partition coefficient (Wildman–Crippen LogP) is -0.377. The lowest BCUT2D eigenvalue weighted by Crippen LogP contribution is -2.60. The summed E-state index contributed by atoms with van der Waals surface area (Å²) in [6.07, 6.45) is 12.1. The number of benzene rings is 3. The minimum Gasteiger partial charge on any atom is -0.508 e. The third-order valence-electron chi connectivity index (χ3n) is 23.8. The van der Waals surface area contributed by atoms with Crippen molar-refractivity contribution >= 4 is 128 Å². The maximum atomic E-state index is 15.2. The summed E-state index contributed by atoms with van der Waals surface area (Å²) in [4.78, 5) is 238. The van der Waals surface area contributed by atoms with E-state index >= 15 is 19.2 Å². The van der Waals surface area contributed by atoms with E-state index in [4.69, 9.17) is 17.2 Å². The largest absolute Gasteiger partial charge is 0.508 e. The van der Waals surface area contributed by atoms with E-state index in [0.717, 1.165) is 35.1 Å². The van der Waals surface area contributed by atoms with Crippen molar-refractivity contribution in [3.8, 4) is 5.75 Å². The predicted molar refractivity (Wildman–Crippen MR) is 488 cm³/mol. The molecule has 131 heavy (non-hydrogen) atoms. The molecule has 4 aliphatic heterocycles. The number of rotatable bonds is 51. The number of aromatic amines is 3. The normalized spacial score (nSPS) is 18.4. The number of thioether (sulfide) groups is 1. The Morgan fingerprint density at radius 2 is 1.09 bits per heavy atom. The van der Waals surface area contributed by atoms with Crippen LogP contribution in [0.25, 0.3) is 21.8 Å². The van der Waals surface area contributed by atoms with Crippen molar-refractivity contribution in [2.75, 3.05) is 51.6 Å². The second-order valence-electron chi connectivity index (χ2n) is 34.9. The summed E-state index contributed by atoms with van der Waals surface area (Å²) in [6.45, 7) is 7.74. The van der Waals surface area contributed by atoms with Gasteiger partial charge in [-0.3, -0.25) is 71.9 Å². The van der Waals surface area contributed by atoms with E-state index < -0.39 is 169 Å². The van der Waals surface area contributed by atoms with Crippen LogP contribution in [-0.2, 0) is 97.6 Å². The first-order valence-electron chi connectivity index (χ1n) is 45.2. The second-order valence-corrected chi connectivity index (χ2v) is 36.2. The van der Waals surface area contributed by atoms with E-state index in [1.807, 2.05) is 81.9 Å². The third-order valence-corrected chi connectivity index (χ3v) is 25.3. The highest BCUT2D eigenvalue weighted by molar-refractivity contribution is 8.00. The van der Waals surface area contributed by atoms with Gasteiger partial charge in [-0.2, -0.15) is 11.8 Å². The maximum Gasteiger partial charge on any atom is 0.315 e. The number of unbranched alkanes of at least 4 members (excludes halogenated alkanes) is 3. The zero-order chi connectivity index (χ0) is 94.4.